The lowest BCUT2D eigenvalue weighted by atomic mass is 9.82. The zero-order valence-electron chi connectivity index (χ0n) is 10.5. The van der Waals surface area contributed by atoms with Crippen LogP contribution < -0.4 is 5.32 Å². The first-order chi connectivity index (χ1) is 8.58. The standard InChI is InChI=1S/C12H21F2NO3/c13-10(14)8-18-7-4-11(17)15-12(9-16)5-2-1-3-6-12/h10,16H,1-9H2,(H,15,17). The van der Waals surface area contributed by atoms with Gasteiger partial charge in [-0.25, -0.2) is 8.78 Å². The van der Waals surface area contributed by atoms with Crippen LogP contribution in [0.15, 0.2) is 0 Å². The summed E-state index contributed by atoms with van der Waals surface area (Å²) in [5.74, 6) is -0.250. The summed E-state index contributed by atoms with van der Waals surface area (Å²) in [7, 11) is 0. The van der Waals surface area contributed by atoms with Crippen molar-refractivity contribution in [3.8, 4) is 0 Å². The van der Waals surface area contributed by atoms with Crippen LogP contribution in [0, 0.1) is 0 Å². The molecule has 2 N–H and O–H groups in total. The predicted octanol–water partition coefficient (Wildman–Crippen LogP) is 1.47. The first kappa shape index (κ1) is 15.3. The first-order valence-electron chi connectivity index (χ1n) is 6.36. The summed E-state index contributed by atoms with van der Waals surface area (Å²) in [4.78, 5) is 11.6. The van der Waals surface area contributed by atoms with Gasteiger partial charge in [0.25, 0.3) is 6.43 Å². The number of hydrogen-bond donors (Lipinski definition) is 2. The molecule has 0 heterocycles. The van der Waals surface area contributed by atoms with E-state index in [9.17, 15) is 18.7 Å². The maximum Gasteiger partial charge on any atom is 0.261 e. The maximum absolute atomic E-state index is 11.8. The van der Waals surface area contributed by atoms with Crippen molar-refractivity contribution >= 4 is 5.91 Å². The van der Waals surface area contributed by atoms with Gasteiger partial charge >= 0.3 is 0 Å². The fourth-order valence-electron chi connectivity index (χ4n) is 2.25. The number of nitrogens with one attached hydrogen (secondary N) is 1. The Morgan fingerprint density at radius 2 is 2.00 bits per heavy atom. The molecule has 4 nitrogen and oxygen atoms in total. The van der Waals surface area contributed by atoms with Crippen LogP contribution in [-0.4, -0.2) is 42.8 Å². The van der Waals surface area contributed by atoms with Crippen LogP contribution in [0.4, 0.5) is 8.78 Å². The monoisotopic (exact) mass is 265 g/mol. The molecule has 1 fully saturated rings. The summed E-state index contributed by atoms with van der Waals surface area (Å²) in [5.41, 5.74) is -0.516. The number of rotatable bonds is 7. The molecule has 0 aromatic rings. The number of carbonyl (C=O) groups excluding carboxylic acids is 1. The fourth-order valence-corrected chi connectivity index (χ4v) is 2.25. The van der Waals surface area contributed by atoms with Crippen LogP contribution in [0.3, 0.4) is 0 Å². The molecule has 0 aliphatic heterocycles. The third-order valence-electron chi connectivity index (χ3n) is 3.24. The first-order valence-corrected chi connectivity index (χ1v) is 6.36. The Hall–Kier alpha value is -0.750. The molecule has 0 radical (unpaired) electrons. The Balaban J connectivity index is 2.25. The number of carbonyl (C=O) groups is 1. The molecular weight excluding hydrogens is 244 g/mol. The average molecular weight is 265 g/mol. The van der Waals surface area contributed by atoms with Gasteiger partial charge in [0.15, 0.2) is 0 Å². The lowest BCUT2D eigenvalue weighted by Crippen LogP contribution is -2.52. The van der Waals surface area contributed by atoms with Crippen molar-refractivity contribution in [1.82, 2.24) is 5.32 Å². The third kappa shape index (κ3) is 5.27. The van der Waals surface area contributed by atoms with Gasteiger partial charge in [-0.3, -0.25) is 4.79 Å². The number of aliphatic hydroxyl groups excluding tert-OH is 1. The topological polar surface area (TPSA) is 58.6 Å². The third-order valence-corrected chi connectivity index (χ3v) is 3.24. The molecule has 6 heteroatoms. The van der Waals surface area contributed by atoms with E-state index in [1.54, 1.807) is 0 Å². The second kappa shape index (κ2) is 7.63. The molecule has 1 aliphatic rings. The molecule has 1 saturated carbocycles. The highest BCUT2D eigenvalue weighted by atomic mass is 19.3. The van der Waals surface area contributed by atoms with Gasteiger partial charge in [-0.2, -0.15) is 0 Å². The minimum Gasteiger partial charge on any atom is -0.394 e. The van der Waals surface area contributed by atoms with Gasteiger partial charge in [0, 0.05) is 6.42 Å². The fraction of sp³-hybridized carbons (Fsp3) is 0.917. The van der Waals surface area contributed by atoms with Crippen LogP contribution in [0.5, 0.6) is 0 Å². The minimum atomic E-state index is -2.50. The Morgan fingerprint density at radius 3 is 2.56 bits per heavy atom. The van der Waals surface area contributed by atoms with Crippen molar-refractivity contribution in [2.24, 2.45) is 0 Å². The van der Waals surface area contributed by atoms with Gasteiger partial charge in [0.1, 0.15) is 6.61 Å². The van der Waals surface area contributed by atoms with Crippen LogP contribution >= 0.6 is 0 Å². The number of aliphatic hydroxyl groups is 1. The lowest BCUT2D eigenvalue weighted by molar-refractivity contribution is -0.125. The SMILES string of the molecule is O=C(CCOCC(F)F)NC1(CO)CCCCC1. The molecule has 0 unspecified atom stereocenters. The summed E-state index contributed by atoms with van der Waals surface area (Å²) in [5, 5.41) is 12.2. The van der Waals surface area contributed by atoms with E-state index in [1.807, 2.05) is 0 Å². The van der Waals surface area contributed by atoms with E-state index in [0.29, 0.717) is 0 Å². The summed E-state index contributed by atoms with van der Waals surface area (Å²) in [6, 6.07) is 0. The lowest BCUT2D eigenvalue weighted by Gasteiger charge is -2.36. The summed E-state index contributed by atoms with van der Waals surface area (Å²) >= 11 is 0. The van der Waals surface area contributed by atoms with Gasteiger partial charge in [-0.1, -0.05) is 19.3 Å². The highest BCUT2D eigenvalue weighted by Crippen LogP contribution is 2.27. The average Bonchev–Trinajstić information content (AvgIpc) is 2.35. The Bertz CT molecular complexity index is 256. The van der Waals surface area contributed by atoms with Gasteiger partial charge in [-0.15, -0.1) is 0 Å². The Kier molecular flexibility index (Phi) is 6.49. The van der Waals surface area contributed by atoms with Gasteiger partial charge < -0.3 is 15.2 Å². The zero-order valence-corrected chi connectivity index (χ0v) is 10.5. The molecular formula is C12H21F2NO3. The van der Waals surface area contributed by atoms with Gasteiger partial charge in [0.05, 0.1) is 18.8 Å². The van der Waals surface area contributed by atoms with Crippen molar-refractivity contribution in [1.29, 1.82) is 0 Å². The highest BCUT2D eigenvalue weighted by molar-refractivity contribution is 5.76. The van der Waals surface area contributed by atoms with E-state index in [0.717, 1.165) is 32.1 Å². The molecule has 0 saturated heterocycles. The Labute approximate surface area is 106 Å². The molecule has 106 valence electrons. The smallest absolute Gasteiger partial charge is 0.261 e. The molecule has 0 spiro atoms. The van der Waals surface area contributed by atoms with E-state index in [4.69, 9.17) is 0 Å². The quantitative estimate of drug-likeness (QED) is 0.685. The van der Waals surface area contributed by atoms with Crippen molar-refractivity contribution in [2.45, 2.75) is 50.5 Å². The number of halogens is 2. The van der Waals surface area contributed by atoms with Crippen molar-refractivity contribution < 1.29 is 23.4 Å². The molecule has 1 amide bonds. The number of amides is 1. The summed E-state index contributed by atoms with van der Waals surface area (Å²) in [6.07, 6.45) is 2.19. The molecule has 0 aromatic heterocycles. The normalized spacial score (nSPS) is 18.9. The molecule has 1 rings (SSSR count). The second-order valence-corrected chi connectivity index (χ2v) is 4.76. The van der Waals surface area contributed by atoms with Crippen LogP contribution in [0.2, 0.25) is 0 Å². The molecule has 18 heavy (non-hydrogen) atoms. The highest BCUT2D eigenvalue weighted by Gasteiger charge is 2.32. The minimum absolute atomic E-state index is 0.0162. The Morgan fingerprint density at radius 1 is 1.33 bits per heavy atom. The van der Waals surface area contributed by atoms with E-state index in [2.05, 4.69) is 10.1 Å². The van der Waals surface area contributed by atoms with Crippen LogP contribution in [-0.2, 0) is 9.53 Å². The zero-order chi connectivity index (χ0) is 13.4. The van der Waals surface area contributed by atoms with E-state index >= 15 is 0 Å². The number of alkyl halides is 2. The number of ether oxygens (including phenoxy) is 1. The summed E-state index contributed by atoms with van der Waals surface area (Å²) < 4.78 is 28.2. The van der Waals surface area contributed by atoms with E-state index < -0.39 is 18.6 Å². The summed E-state index contributed by atoms with van der Waals surface area (Å²) in [6.45, 7) is -0.729. The van der Waals surface area contributed by atoms with Gasteiger partial charge in [-0.05, 0) is 12.8 Å². The van der Waals surface area contributed by atoms with Gasteiger partial charge in [0.2, 0.25) is 5.91 Å². The van der Waals surface area contributed by atoms with Crippen molar-refractivity contribution in [3.63, 3.8) is 0 Å². The largest absolute Gasteiger partial charge is 0.394 e. The molecule has 0 atom stereocenters. The molecule has 0 bridgehead atoms. The van der Waals surface area contributed by atoms with Crippen molar-refractivity contribution in [3.05, 3.63) is 0 Å². The molecule has 0 aromatic carbocycles. The predicted molar refractivity (Wildman–Crippen MR) is 62.5 cm³/mol. The van der Waals surface area contributed by atoms with E-state index in [-0.39, 0.29) is 25.5 Å². The van der Waals surface area contributed by atoms with Crippen LogP contribution in [0.1, 0.15) is 38.5 Å². The second-order valence-electron chi connectivity index (χ2n) is 4.76. The van der Waals surface area contributed by atoms with Crippen LogP contribution in [0.25, 0.3) is 0 Å². The number of hydrogen-bond acceptors (Lipinski definition) is 3. The maximum atomic E-state index is 11.8. The van der Waals surface area contributed by atoms with Crippen molar-refractivity contribution in [2.75, 3.05) is 19.8 Å². The van der Waals surface area contributed by atoms with E-state index in [1.165, 1.54) is 0 Å². The molecule has 1 aliphatic carbocycles.